The summed E-state index contributed by atoms with van der Waals surface area (Å²) >= 11 is 1.93. The number of rotatable bonds is 7. The molecule has 130 valence electrons. The highest BCUT2D eigenvalue weighted by atomic mass is 32.2. The lowest BCUT2D eigenvalue weighted by Gasteiger charge is -2.26. The Labute approximate surface area is 150 Å². The molecule has 3 nitrogen and oxygen atoms in total. The molecular formula is C20H29N3S. The zero-order valence-electron chi connectivity index (χ0n) is 14.9. The zero-order chi connectivity index (χ0) is 16.8. The van der Waals surface area contributed by atoms with Crippen LogP contribution in [-0.4, -0.2) is 45.6 Å². The lowest BCUT2D eigenvalue weighted by atomic mass is 10.1. The van der Waals surface area contributed by atoms with Crippen molar-refractivity contribution >= 4 is 11.8 Å². The second kappa shape index (κ2) is 8.72. The Morgan fingerprint density at radius 1 is 1.08 bits per heavy atom. The first kappa shape index (κ1) is 17.6. The number of benzene rings is 1. The van der Waals surface area contributed by atoms with E-state index in [4.69, 9.17) is 4.98 Å². The summed E-state index contributed by atoms with van der Waals surface area (Å²) in [5, 5.41) is 0.609. The number of aromatic nitrogens is 2. The van der Waals surface area contributed by atoms with Crippen LogP contribution in [-0.2, 0) is 13.0 Å². The van der Waals surface area contributed by atoms with Crippen molar-refractivity contribution in [3.05, 3.63) is 42.4 Å². The summed E-state index contributed by atoms with van der Waals surface area (Å²) in [5.41, 5.74) is 3.78. The van der Waals surface area contributed by atoms with E-state index >= 15 is 0 Å². The van der Waals surface area contributed by atoms with Gasteiger partial charge in [-0.3, -0.25) is 0 Å². The van der Waals surface area contributed by atoms with E-state index in [0.717, 1.165) is 25.2 Å². The molecule has 4 heteroatoms. The van der Waals surface area contributed by atoms with E-state index in [1.807, 2.05) is 11.8 Å². The molecule has 2 aromatic rings. The molecule has 3 rings (SSSR count). The van der Waals surface area contributed by atoms with Crippen LogP contribution in [0.1, 0.15) is 31.9 Å². The predicted molar refractivity (Wildman–Crippen MR) is 105 cm³/mol. The van der Waals surface area contributed by atoms with Gasteiger partial charge in [0.2, 0.25) is 0 Å². The van der Waals surface area contributed by atoms with Gasteiger partial charge < -0.3 is 9.47 Å². The van der Waals surface area contributed by atoms with Crippen molar-refractivity contribution in [3.8, 4) is 11.3 Å². The van der Waals surface area contributed by atoms with Crippen LogP contribution >= 0.6 is 11.8 Å². The predicted octanol–water partition coefficient (Wildman–Crippen LogP) is 4.33. The number of likely N-dealkylation sites (tertiary alicyclic amines) is 1. The molecule has 0 radical (unpaired) electrons. The minimum Gasteiger partial charge on any atom is -0.333 e. The highest BCUT2D eigenvalue weighted by Gasteiger charge is 2.16. The second-order valence-corrected chi connectivity index (χ2v) is 8.03. The normalized spacial score (nSPS) is 17.1. The van der Waals surface area contributed by atoms with Crippen LogP contribution in [0.2, 0.25) is 0 Å². The Bertz CT molecular complexity index is 617. The third-order valence-corrected chi connectivity index (χ3v) is 5.95. The van der Waals surface area contributed by atoms with Gasteiger partial charge in [0.25, 0.3) is 0 Å². The van der Waals surface area contributed by atoms with Crippen molar-refractivity contribution in [2.24, 2.45) is 0 Å². The van der Waals surface area contributed by atoms with Gasteiger partial charge in [-0.2, -0.15) is 11.8 Å². The van der Waals surface area contributed by atoms with E-state index < -0.39 is 0 Å². The number of imidazole rings is 1. The molecule has 0 aliphatic carbocycles. The molecule has 1 aliphatic heterocycles. The topological polar surface area (TPSA) is 21.1 Å². The van der Waals surface area contributed by atoms with Crippen LogP contribution in [0, 0.1) is 0 Å². The van der Waals surface area contributed by atoms with Crippen LogP contribution in [0.5, 0.6) is 0 Å². The molecule has 0 spiro atoms. The molecule has 0 N–H and O–H groups in total. The molecule has 1 saturated heterocycles. The van der Waals surface area contributed by atoms with Crippen LogP contribution in [0.15, 0.2) is 36.7 Å². The van der Waals surface area contributed by atoms with E-state index in [1.54, 1.807) is 0 Å². The largest absolute Gasteiger partial charge is 0.333 e. The Balaban J connectivity index is 1.78. The van der Waals surface area contributed by atoms with Gasteiger partial charge >= 0.3 is 0 Å². The van der Waals surface area contributed by atoms with Crippen LogP contribution in [0.25, 0.3) is 11.3 Å². The minimum atomic E-state index is 0.609. The highest BCUT2D eigenvalue weighted by molar-refractivity contribution is 7.99. The van der Waals surface area contributed by atoms with Crippen molar-refractivity contribution in [2.45, 2.75) is 44.4 Å². The number of nitrogens with zero attached hydrogens (tertiary/aromatic N) is 3. The summed E-state index contributed by atoms with van der Waals surface area (Å²) in [6.07, 6.45) is 9.43. The van der Waals surface area contributed by atoms with E-state index in [-0.39, 0.29) is 0 Å². The summed E-state index contributed by atoms with van der Waals surface area (Å²) in [5.74, 6) is 0. The summed E-state index contributed by atoms with van der Waals surface area (Å²) < 4.78 is 2.39. The second-order valence-electron chi connectivity index (χ2n) is 6.75. The van der Waals surface area contributed by atoms with E-state index in [1.165, 1.54) is 43.6 Å². The maximum absolute atomic E-state index is 4.77. The fourth-order valence-electron chi connectivity index (χ4n) is 3.44. The molecule has 1 unspecified atom stereocenters. The number of hydrogen-bond donors (Lipinski definition) is 0. The maximum Gasteiger partial charge on any atom is 0.0956 e. The molecule has 0 saturated carbocycles. The average Bonchev–Trinajstić information content (AvgIpc) is 3.04. The van der Waals surface area contributed by atoms with Gasteiger partial charge in [-0.15, -0.1) is 0 Å². The summed E-state index contributed by atoms with van der Waals surface area (Å²) in [6.45, 7) is 7.02. The van der Waals surface area contributed by atoms with Gasteiger partial charge in [0.15, 0.2) is 0 Å². The molecule has 1 aliphatic rings. The maximum atomic E-state index is 4.77. The number of hydrogen-bond acceptors (Lipinski definition) is 3. The molecule has 1 aromatic heterocycles. The molecular weight excluding hydrogens is 314 g/mol. The summed E-state index contributed by atoms with van der Waals surface area (Å²) in [6, 6.07) is 10.6. The van der Waals surface area contributed by atoms with Gasteiger partial charge in [-0.1, -0.05) is 43.7 Å². The molecule has 1 aromatic carbocycles. The van der Waals surface area contributed by atoms with E-state index in [0.29, 0.717) is 5.25 Å². The Morgan fingerprint density at radius 3 is 2.54 bits per heavy atom. The summed E-state index contributed by atoms with van der Waals surface area (Å²) in [7, 11) is 0. The third-order valence-electron chi connectivity index (χ3n) is 4.98. The SMILES string of the molecule is CSC(C)Cc1c(-c2ccccc2)ncn1CCN1CCCCC1. The standard InChI is InChI=1S/C20H29N3S/c1-17(24-2)15-19-20(18-9-5-3-6-10-18)21-16-23(19)14-13-22-11-7-4-8-12-22/h3,5-6,9-10,16-17H,4,7-8,11-15H2,1-2H3. The minimum absolute atomic E-state index is 0.609. The highest BCUT2D eigenvalue weighted by Crippen LogP contribution is 2.25. The zero-order valence-corrected chi connectivity index (χ0v) is 15.8. The van der Waals surface area contributed by atoms with Gasteiger partial charge in [-0.05, 0) is 32.2 Å². The Hall–Kier alpha value is -1.26. The fourth-order valence-corrected chi connectivity index (χ4v) is 3.76. The lowest BCUT2D eigenvalue weighted by molar-refractivity contribution is 0.220. The van der Waals surface area contributed by atoms with Gasteiger partial charge in [-0.25, -0.2) is 4.98 Å². The summed E-state index contributed by atoms with van der Waals surface area (Å²) in [4.78, 5) is 7.38. The van der Waals surface area contributed by atoms with Crippen molar-refractivity contribution < 1.29 is 0 Å². The molecule has 2 heterocycles. The first-order valence-corrected chi connectivity index (χ1v) is 10.4. The molecule has 1 atom stereocenters. The van der Waals surface area contributed by atoms with Crippen molar-refractivity contribution in [3.63, 3.8) is 0 Å². The van der Waals surface area contributed by atoms with Crippen LogP contribution < -0.4 is 0 Å². The Kier molecular flexibility index (Phi) is 6.38. The average molecular weight is 344 g/mol. The molecule has 24 heavy (non-hydrogen) atoms. The van der Waals surface area contributed by atoms with Crippen LogP contribution in [0.4, 0.5) is 0 Å². The molecule has 0 amide bonds. The number of piperidine rings is 1. The first-order chi connectivity index (χ1) is 11.8. The van der Waals surface area contributed by atoms with Crippen molar-refractivity contribution in [1.82, 2.24) is 14.5 Å². The smallest absolute Gasteiger partial charge is 0.0956 e. The molecule has 0 bridgehead atoms. The van der Waals surface area contributed by atoms with Crippen molar-refractivity contribution in [1.29, 1.82) is 0 Å². The van der Waals surface area contributed by atoms with E-state index in [2.05, 4.69) is 59.3 Å². The lowest BCUT2D eigenvalue weighted by Crippen LogP contribution is -2.32. The van der Waals surface area contributed by atoms with Gasteiger partial charge in [0, 0.05) is 36.0 Å². The Morgan fingerprint density at radius 2 is 1.83 bits per heavy atom. The van der Waals surface area contributed by atoms with Gasteiger partial charge in [0.05, 0.1) is 12.0 Å². The number of thioether (sulfide) groups is 1. The van der Waals surface area contributed by atoms with E-state index in [9.17, 15) is 0 Å². The molecule has 1 fully saturated rings. The first-order valence-electron chi connectivity index (χ1n) is 9.12. The monoisotopic (exact) mass is 343 g/mol. The fraction of sp³-hybridized carbons (Fsp3) is 0.550. The quantitative estimate of drug-likeness (QED) is 0.746. The third kappa shape index (κ3) is 4.42. The van der Waals surface area contributed by atoms with Crippen molar-refractivity contribution in [2.75, 3.05) is 25.9 Å². The van der Waals surface area contributed by atoms with Gasteiger partial charge in [0.1, 0.15) is 0 Å². The van der Waals surface area contributed by atoms with Crippen LogP contribution in [0.3, 0.4) is 0 Å².